The molecule has 0 aliphatic rings. The SMILES string of the molecule is Cc1ccc(-c2cc(C(=O)NC(C)c3cccc(-n4cccc4)c3)[nH]n2)cc1. The summed E-state index contributed by atoms with van der Waals surface area (Å²) < 4.78 is 2.04. The van der Waals surface area contributed by atoms with E-state index in [-0.39, 0.29) is 11.9 Å². The lowest BCUT2D eigenvalue weighted by Crippen LogP contribution is -2.27. The summed E-state index contributed by atoms with van der Waals surface area (Å²) >= 11 is 0. The normalized spacial score (nSPS) is 11.9. The van der Waals surface area contributed by atoms with Crippen LogP contribution in [0.4, 0.5) is 0 Å². The number of carbonyl (C=O) groups is 1. The summed E-state index contributed by atoms with van der Waals surface area (Å²) in [6.45, 7) is 4.02. The molecule has 1 amide bonds. The van der Waals surface area contributed by atoms with Crippen molar-refractivity contribution >= 4 is 5.91 Å². The van der Waals surface area contributed by atoms with E-state index in [1.807, 2.05) is 85.4 Å². The second kappa shape index (κ2) is 7.56. The molecule has 2 aromatic carbocycles. The zero-order valence-electron chi connectivity index (χ0n) is 15.9. The molecule has 0 aliphatic carbocycles. The van der Waals surface area contributed by atoms with E-state index in [4.69, 9.17) is 0 Å². The lowest BCUT2D eigenvalue weighted by Gasteiger charge is -2.15. The van der Waals surface area contributed by atoms with Crippen molar-refractivity contribution < 1.29 is 4.79 Å². The van der Waals surface area contributed by atoms with Crippen molar-refractivity contribution in [3.63, 3.8) is 0 Å². The van der Waals surface area contributed by atoms with Crippen molar-refractivity contribution in [1.82, 2.24) is 20.1 Å². The Morgan fingerprint density at radius 1 is 1.04 bits per heavy atom. The van der Waals surface area contributed by atoms with Crippen LogP contribution in [0.3, 0.4) is 0 Å². The number of nitrogens with zero attached hydrogens (tertiary/aromatic N) is 2. The number of H-pyrrole nitrogens is 1. The van der Waals surface area contributed by atoms with Gasteiger partial charge in [-0.2, -0.15) is 5.10 Å². The zero-order valence-corrected chi connectivity index (χ0v) is 15.9. The Kier molecular flexibility index (Phi) is 4.81. The second-order valence-corrected chi connectivity index (χ2v) is 6.91. The topological polar surface area (TPSA) is 62.7 Å². The molecule has 0 radical (unpaired) electrons. The summed E-state index contributed by atoms with van der Waals surface area (Å²) in [5.74, 6) is -0.176. The molecule has 0 aliphatic heterocycles. The summed E-state index contributed by atoms with van der Waals surface area (Å²) in [5.41, 5.74) is 5.47. The van der Waals surface area contributed by atoms with Crippen molar-refractivity contribution in [2.24, 2.45) is 0 Å². The van der Waals surface area contributed by atoms with Crippen LogP contribution in [0.2, 0.25) is 0 Å². The van der Waals surface area contributed by atoms with E-state index < -0.39 is 0 Å². The van der Waals surface area contributed by atoms with Crippen molar-refractivity contribution in [1.29, 1.82) is 0 Å². The molecule has 0 saturated carbocycles. The average molecular weight is 370 g/mol. The number of aromatic nitrogens is 3. The Morgan fingerprint density at radius 2 is 1.79 bits per heavy atom. The third-order valence-electron chi connectivity index (χ3n) is 4.79. The monoisotopic (exact) mass is 370 g/mol. The molecule has 1 atom stereocenters. The molecule has 0 bridgehead atoms. The largest absolute Gasteiger partial charge is 0.344 e. The predicted octanol–water partition coefficient (Wildman–Crippen LogP) is 4.67. The standard InChI is InChI=1S/C23H22N4O/c1-16-8-10-18(11-9-16)21-15-22(26-25-21)23(28)24-17(2)19-6-5-7-20(14-19)27-12-3-4-13-27/h3-15,17H,1-2H3,(H,24,28)(H,25,26). The minimum Gasteiger partial charge on any atom is -0.344 e. The molecule has 0 saturated heterocycles. The van der Waals surface area contributed by atoms with E-state index in [0.29, 0.717) is 5.69 Å². The highest BCUT2D eigenvalue weighted by atomic mass is 16.2. The first kappa shape index (κ1) is 17.8. The van der Waals surface area contributed by atoms with Crippen LogP contribution in [-0.2, 0) is 0 Å². The minimum absolute atomic E-state index is 0.130. The number of aryl methyl sites for hydroxylation is 1. The number of rotatable bonds is 5. The molecule has 28 heavy (non-hydrogen) atoms. The number of carbonyl (C=O) groups excluding carboxylic acids is 1. The number of amides is 1. The molecule has 140 valence electrons. The number of nitrogens with one attached hydrogen (secondary N) is 2. The Balaban J connectivity index is 1.48. The Bertz CT molecular complexity index is 1080. The van der Waals surface area contributed by atoms with Gasteiger partial charge in [-0.15, -0.1) is 0 Å². The van der Waals surface area contributed by atoms with E-state index in [1.54, 1.807) is 6.07 Å². The molecule has 4 aromatic rings. The van der Waals surface area contributed by atoms with Crippen LogP contribution in [0, 0.1) is 6.92 Å². The van der Waals surface area contributed by atoms with Gasteiger partial charge in [0.05, 0.1) is 11.7 Å². The third kappa shape index (κ3) is 3.74. The maximum absolute atomic E-state index is 12.7. The highest BCUT2D eigenvalue weighted by molar-refractivity contribution is 5.93. The molecular weight excluding hydrogens is 348 g/mol. The van der Waals surface area contributed by atoms with Gasteiger partial charge < -0.3 is 9.88 Å². The third-order valence-corrected chi connectivity index (χ3v) is 4.79. The highest BCUT2D eigenvalue weighted by Gasteiger charge is 2.15. The van der Waals surface area contributed by atoms with E-state index in [0.717, 1.165) is 22.5 Å². The van der Waals surface area contributed by atoms with Crippen molar-refractivity contribution in [3.05, 3.63) is 95.9 Å². The maximum Gasteiger partial charge on any atom is 0.269 e. The molecule has 5 heteroatoms. The fourth-order valence-corrected chi connectivity index (χ4v) is 3.13. The van der Waals surface area contributed by atoms with E-state index >= 15 is 0 Å². The molecule has 5 nitrogen and oxygen atoms in total. The first-order chi connectivity index (χ1) is 13.6. The van der Waals surface area contributed by atoms with E-state index in [9.17, 15) is 4.79 Å². The van der Waals surface area contributed by atoms with Crippen molar-refractivity contribution in [3.8, 4) is 16.9 Å². The molecule has 4 rings (SSSR count). The van der Waals surface area contributed by atoms with Gasteiger partial charge in [-0.1, -0.05) is 42.0 Å². The van der Waals surface area contributed by atoms with Gasteiger partial charge >= 0.3 is 0 Å². The van der Waals surface area contributed by atoms with Crippen LogP contribution < -0.4 is 5.32 Å². The van der Waals surface area contributed by atoms with E-state index in [2.05, 4.69) is 21.6 Å². The van der Waals surface area contributed by atoms with Gasteiger partial charge in [0.25, 0.3) is 5.91 Å². The highest BCUT2D eigenvalue weighted by Crippen LogP contribution is 2.20. The maximum atomic E-state index is 12.7. The lowest BCUT2D eigenvalue weighted by molar-refractivity contribution is 0.0935. The molecular formula is C23H22N4O. The summed E-state index contributed by atoms with van der Waals surface area (Å²) in [5, 5.41) is 10.2. The molecule has 1 unspecified atom stereocenters. The van der Waals surface area contributed by atoms with Crippen LogP contribution in [0.5, 0.6) is 0 Å². The van der Waals surface area contributed by atoms with E-state index in [1.165, 1.54) is 5.56 Å². The number of aromatic amines is 1. The average Bonchev–Trinajstić information content (AvgIpc) is 3.41. The lowest BCUT2D eigenvalue weighted by atomic mass is 10.1. The summed E-state index contributed by atoms with van der Waals surface area (Å²) in [6.07, 6.45) is 4.00. The van der Waals surface area contributed by atoms with Gasteiger partial charge in [-0.05, 0) is 49.7 Å². The Labute approximate surface area is 164 Å². The smallest absolute Gasteiger partial charge is 0.269 e. The fourth-order valence-electron chi connectivity index (χ4n) is 3.13. The van der Waals surface area contributed by atoms with Gasteiger partial charge in [0.1, 0.15) is 5.69 Å². The minimum atomic E-state index is -0.176. The van der Waals surface area contributed by atoms with Crippen LogP contribution in [0.1, 0.15) is 34.6 Å². The number of benzene rings is 2. The predicted molar refractivity (Wildman–Crippen MR) is 110 cm³/mol. The molecule has 2 heterocycles. The van der Waals surface area contributed by atoms with Crippen molar-refractivity contribution in [2.45, 2.75) is 19.9 Å². The molecule has 0 spiro atoms. The molecule has 2 aromatic heterocycles. The first-order valence-electron chi connectivity index (χ1n) is 9.27. The molecule has 0 fully saturated rings. The number of hydrogen-bond acceptors (Lipinski definition) is 2. The summed E-state index contributed by atoms with van der Waals surface area (Å²) in [6, 6.07) is 21.8. The molecule has 2 N–H and O–H groups in total. The van der Waals surface area contributed by atoms with Gasteiger partial charge in [0.2, 0.25) is 0 Å². The van der Waals surface area contributed by atoms with Gasteiger partial charge in [-0.3, -0.25) is 9.89 Å². The van der Waals surface area contributed by atoms with Gasteiger partial charge in [-0.25, -0.2) is 0 Å². The van der Waals surface area contributed by atoms with Crippen LogP contribution in [0.25, 0.3) is 16.9 Å². The zero-order chi connectivity index (χ0) is 19.5. The summed E-state index contributed by atoms with van der Waals surface area (Å²) in [7, 11) is 0. The summed E-state index contributed by atoms with van der Waals surface area (Å²) in [4.78, 5) is 12.7. The van der Waals surface area contributed by atoms with Crippen LogP contribution in [-0.4, -0.2) is 20.7 Å². The second-order valence-electron chi connectivity index (χ2n) is 6.91. The van der Waals surface area contributed by atoms with Gasteiger partial charge in [0, 0.05) is 23.6 Å². The fraction of sp³-hybridized carbons (Fsp3) is 0.130. The number of hydrogen-bond donors (Lipinski definition) is 2. The van der Waals surface area contributed by atoms with Crippen molar-refractivity contribution in [2.75, 3.05) is 0 Å². The quantitative estimate of drug-likeness (QED) is 0.536. The Morgan fingerprint density at radius 3 is 2.54 bits per heavy atom. The van der Waals surface area contributed by atoms with Crippen LogP contribution >= 0.6 is 0 Å². The Hall–Kier alpha value is -3.60. The first-order valence-corrected chi connectivity index (χ1v) is 9.27. The van der Waals surface area contributed by atoms with Gasteiger partial charge in [0.15, 0.2) is 0 Å². The van der Waals surface area contributed by atoms with Crippen LogP contribution in [0.15, 0.2) is 79.1 Å².